The zero-order chi connectivity index (χ0) is 20.3. The predicted octanol–water partition coefficient (Wildman–Crippen LogP) is 6.79. The minimum atomic E-state index is 0.680. The van der Waals surface area contributed by atoms with Gasteiger partial charge in [-0.05, 0) is 41.5 Å². The molecule has 150 valence electrons. The highest BCUT2D eigenvalue weighted by Crippen LogP contribution is 2.36. The molecule has 0 bridgehead atoms. The van der Waals surface area contributed by atoms with Gasteiger partial charge in [0.15, 0.2) is 0 Å². The first-order valence-corrected chi connectivity index (χ1v) is 10.6. The Morgan fingerprint density at radius 1 is 0.700 bits per heavy atom. The number of hydrogen-bond donors (Lipinski definition) is 0. The third-order valence-electron chi connectivity index (χ3n) is 5.42. The Hall–Kier alpha value is -3.17. The summed E-state index contributed by atoms with van der Waals surface area (Å²) >= 11 is 6.33. The van der Waals surface area contributed by atoms with Gasteiger partial charge in [-0.25, -0.2) is 0 Å². The molecule has 4 heteroatoms. The maximum atomic E-state index is 6.33. The van der Waals surface area contributed by atoms with Crippen molar-refractivity contribution >= 4 is 28.4 Å². The van der Waals surface area contributed by atoms with Crippen LogP contribution in [0.2, 0.25) is 5.02 Å². The molecule has 0 aliphatic carbocycles. The van der Waals surface area contributed by atoms with Crippen molar-refractivity contribution in [3.63, 3.8) is 0 Å². The molecule has 2 heterocycles. The van der Waals surface area contributed by atoms with E-state index >= 15 is 0 Å². The molecule has 0 atom stereocenters. The summed E-state index contributed by atoms with van der Waals surface area (Å²) in [6.07, 6.45) is 6.13. The Labute approximate surface area is 181 Å². The summed E-state index contributed by atoms with van der Waals surface area (Å²) in [5, 5.41) is 0.717. The molecule has 0 saturated carbocycles. The number of para-hydroxylation sites is 2. The molecule has 0 N–H and O–H groups in total. The van der Waals surface area contributed by atoms with Gasteiger partial charge in [-0.1, -0.05) is 54.1 Å². The molecule has 3 aromatic rings. The van der Waals surface area contributed by atoms with E-state index in [1.807, 2.05) is 42.5 Å². The Kier molecular flexibility index (Phi) is 5.20. The smallest absolute Gasteiger partial charge is 0.126 e. The van der Waals surface area contributed by atoms with Crippen LogP contribution in [0, 0.1) is 0 Å². The maximum absolute atomic E-state index is 6.33. The van der Waals surface area contributed by atoms with Gasteiger partial charge in [0, 0.05) is 47.1 Å². The SMILES string of the molecule is Clc1cccc(N(C=C2CCOc3ccccc32)C=C2CCOc3ccccc32)c1. The molecule has 2 aliphatic rings. The van der Waals surface area contributed by atoms with Crippen LogP contribution in [0.5, 0.6) is 11.5 Å². The number of anilines is 1. The molecule has 3 aromatic carbocycles. The highest BCUT2D eigenvalue weighted by molar-refractivity contribution is 6.30. The zero-order valence-corrected chi connectivity index (χ0v) is 17.3. The van der Waals surface area contributed by atoms with Crippen LogP contribution in [-0.2, 0) is 0 Å². The first-order chi connectivity index (χ1) is 14.8. The number of halogens is 1. The number of benzene rings is 3. The lowest BCUT2D eigenvalue weighted by atomic mass is 9.99. The number of fused-ring (bicyclic) bond motifs is 2. The van der Waals surface area contributed by atoms with Gasteiger partial charge in [0.2, 0.25) is 0 Å². The Balaban J connectivity index is 1.62. The Bertz CT molecular complexity index is 1070. The molecule has 3 nitrogen and oxygen atoms in total. The first-order valence-electron chi connectivity index (χ1n) is 10.2. The van der Waals surface area contributed by atoms with Gasteiger partial charge >= 0.3 is 0 Å². The molecule has 5 rings (SSSR count). The Morgan fingerprint density at radius 3 is 1.83 bits per heavy atom. The second-order valence-electron chi connectivity index (χ2n) is 7.39. The van der Waals surface area contributed by atoms with Crippen LogP contribution in [0.25, 0.3) is 11.1 Å². The molecule has 0 radical (unpaired) electrons. The summed E-state index contributed by atoms with van der Waals surface area (Å²) in [4.78, 5) is 2.18. The van der Waals surface area contributed by atoms with Crippen LogP contribution < -0.4 is 14.4 Å². The third-order valence-corrected chi connectivity index (χ3v) is 5.66. The topological polar surface area (TPSA) is 21.7 Å². The second kappa shape index (κ2) is 8.29. The fourth-order valence-corrected chi connectivity index (χ4v) is 4.14. The molecular weight excluding hydrogens is 394 g/mol. The van der Waals surface area contributed by atoms with E-state index in [1.165, 1.54) is 11.1 Å². The number of nitrogens with zero attached hydrogens (tertiary/aromatic N) is 1. The van der Waals surface area contributed by atoms with Crippen molar-refractivity contribution in [2.45, 2.75) is 12.8 Å². The van der Waals surface area contributed by atoms with Crippen molar-refractivity contribution < 1.29 is 9.47 Å². The molecule has 0 aromatic heterocycles. The quantitative estimate of drug-likeness (QED) is 0.469. The van der Waals surface area contributed by atoms with Gasteiger partial charge in [0.05, 0.1) is 13.2 Å². The van der Waals surface area contributed by atoms with E-state index in [4.69, 9.17) is 21.1 Å². The third kappa shape index (κ3) is 3.81. The summed E-state index contributed by atoms with van der Waals surface area (Å²) in [7, 11) is 0. The van der Waals surface area contributed by atoms with Crippen molar-refractivity contribution in [3.05, 3.63) is 101 Å². The fraction of sp³-hybridized carbons (Fsp3) is 0.154. The summed E-state index contributed by atoms with van der Waals surface area (Å²) in [5.41, 5.74) is 5.79. The van der Waals surface area contributed by atoms with Crippen LogP contribution in [0.15, 0.2) is 85.2 Å². The summed E-state index contributed by atoms with van der Waals surface area (Å²) in [6, 6.07) is 24.4. The minimum Gasteiger partial charge on any atom is -0.493 e. The van der Waals surface area contributed by atoms with Gasteiger partial charge in [0.1, 0.15) is 11.5 Å². The minimum absolute atomic E-state index is 0.680. The van der Waals surface area contributed by atoms with Gasteiger partial charge in [-0.15, -0.1) is 0 Å². The molecule has 0 amide bonds. The normalized spacial score (nSPS) is 17.6. The van der Waals surface area contributed by atoms with E-state index < -0.39 is 0 Å². The Morgan fingerprint density at radius 2 is 1.27 bits per heavy atom. The predicted molar refractivity (Wildman–Crippen MR) is 123 cm³/mol. The largest absolute Gasteiger partial charge is 0.493 e. The van der Waals surface area contributed by atoms with E-state index in [9.17, 15) is 0 Å². The average molecular weight is 416 g/mol. The van der Waals surface area contributed by atoms with Crippen LogP contribution >= 0.6 is 11.6 Å². The average Bonchev–Trinajstić information content (AvgIpc) is 2.79. The molecule has 0 spiro atoms. The molecule has 2 aliphatic heterocycles. The standard InChI is InChI=1S/C26H22ClNO2/c27-21-6-5-7-22(16-21)28(17-19-12-14-29-25-10-3-1-8-23(19)25)18-20-13-15-30-26-11-4-2-9-24(20)26/h1-11,16-18H,12-15H2. The first kappa shape index (κ1) is 18.8. The molecule has 0 fully saturated rings. The van der Waals surface area contributed by atoms with E-state index in [1.54, 1.807) is 0 Å². The van der Waals surface area contributed by atoms with Gasteiger partial charge in [-0.2, -0.15) is 0 Å². The van der Waals surface area contributed by atoms with Gasteiger partial charge in [0.25, 0.3) is 0 Å². The van der Waals surface area contributed by atoms with Gasteiger partial charge in [-0.3, -0.25) is 0 Å². The summed E-state index contributed by atoms with van der Waals surface area (Å²) < 4.78 is 11.7. The maximum Gasteiger partial charge on any atom is 0.126 e. The zero-order valence-electron chi connectivity index (χ0n) is 16.6. The summed E-state index contributed by atoms with van der Waals surface area (Å²) in [6.45, 7) is 1.36. The highest BCUT2D eigenvalue weighted by Gasteiger charge is 2.18. The lowest BCUT2D eigenvalue weighted by Crippen LogP contribution is -2.15. The van der Waals surface area contributed by atoms with Crippen LogP contribution in [0.1, 0.15) is 24.0 Å². The van der Waals surface area contributed by atoms with Crippen LogP contribution in [0.3, 0.4) is 0 Å². The van der Waals surface area contributed by atoms with E-state index in [2.05, 4.69) is 47.6 Å². The van der Waals surface area contributed by atoms with Crippen molar-refractivity contribution in [1.82, 2.24) is 0 Å². The van der Waals surface area contributed by atoms with Crippen LogP contribution in [-0.4, -0.2) is 13.2 Å². The molecule has 0 unspecified atom stereocenters. The molecule has 30 heavy (non-hydrogen) atoms. The molecular formula is C26H22ClNO2. The lowest BCUT2D eigenvalue weighted by molar-refractivity contribution is 0.316. The summed E-state index contributed by atoms with van der Waals surface area (Å²) in [5.74, 6) is 1.87. The van der Waals surface area contributed by atoms with Gasteiger partial charge < -0.3 is 14.4 Å². The number of ether oxygens (including phenoxy) is 2. The highest BCUT2D eigenvalue weighted by atomic mass is 35.5. The van der Waals surface area contributed by atoms with E-state index in [0.29, 0.717) is 18.2 Å². The number of rotatable bonds is 3. The van der Waals surface area contributed by atoms with Crippen LogP contribution in [0.4, 0.5) is 5.69 Å². The van der Waals surface area contributed by atoms with E-state index in [0.717, 1.165) is 41.2 Å². The monoisotopic (exact) mass is 415 g/mol. The lowest BCUT2D eigenvalue weighted by Gasteiger charge is -2.26. The van der Waals surface area contributed by atoms with Crippen molar-refractivity contribution in [3.8, 4) is 11.5 Å². The van der Waals surface area contributed by atoms with E-state index in [-0.39, 0.29) is 0 Å². The fourth-order valence-electron chi connectivity index (χ4n) is 3.95. The number of hydrogen-bond acceptors (Lipinski definition) is 3. The van der Waals surface area contributed by atoms with Crippen molar-refractivity contribution in [1.29, 1.82) is 0 Å². The second-order valence-corrected chi connectivity index (χ2v) is 7.82. The molecule has 0 saturated heterocycles. The van der Waals surface area contributed by atoms with Crippen molar-refractivity contribution in [2.24, 2.45) is 0 Å². The van der Waals surface area contributed by atoms with Crippen molar-refractivity contribution in [2.75, 3.05) is 18.1 Å².